The van der Waals surface area contributed by atoms with Crippen LogP contribution in [0.3, 0.4) is 0 Å². The van der Waals surface area contributed by atoms with Gasteiger partial charge in [-0.1, -0.05) is 36.4 Å². The number of hydrogen-bond acceptors (Lipinski definition) is 3. The van der Waals surface area contributed by atoms with Crippen molar-refractivity contribution in [1.29, 1.82) is 0 Å². The van der Waals surface area contributed by atoms with E-state index >= 15 is 0 Å². The molecule has 0 aliphatic rings. The summed E-state index contributed by atoms with van der Waals surface area (Å²) in [5.74, 6) is 1.57. The summed E-state index contributed by atoms with van der Waals surface area (Å²) in [7, 11) is 3.34. The van der Waals surface area contributed by atoms with Gasteiger partial charge in [-0.25, -0.2) is 0 Å². The van der Waals surface area contributed by atoms with Crippen LogP contribution in [0.5, 0.6) is 11.5 Å². The van der Waals surface area contributed by atoms with E-state index in [9.17, 15) is 0 Å². The van der Waals surface area contributed by atoms with Gasteiger partial charge in [-0.05, 0) is 43.5 Å². The van der Waals surface area contributed by atoms with Gasteiger partial charge in [-0.3, -0.25) is 4.90 Å². The van der Waals surface area contributed by atoms with Gasteiger partial charge in [-0.15, -0.1) is 0 Å². The maximum absolute atomic E-state index is 5.39. The molecular weight excluding hydrogens is 286 g/mol. The number of rotatable bonds is 8. The van der Waals surface area contributed by atoms with E-state index in [0.717, 1.165) is 31.0 Å². The van der Waals surface area contributed by atoms with Crippen molar-refractivity contribution in [1.82, 2.24) is 4.90 Å². The molecule has 0 aliphatic heterocycles. The third kappa shape index (κ3) is 5.00. The molecular formula is C20H27NO2. The first-order chi connectivity index (χ1) is 11.1. The number of nitrogens with zero attached hydrogens (tertiary/aromatic N) is 1. The van der Waals surface area contributed by atoms with Crippen molar-refractivity contribution in [3.05, 3.63) is 59.7 Å². The molecule has 3 nitrogen and oxygen atoms in total. The fourth-order valence-electron chi connectivity index (χ4n) is 2.65. The average molecular weight is 313 g/mol. The maximum atomic E-state index is 5.39. The quantitative estimate of drug-likeness (QED) is 0.730. The first-order valence-corrected chi connectivity index (χ1v) is 8.13. The van der Waals surface area contributed by atoms with Crippen molar-refractivity contribution < 1.29 is 9.47 Å². The van der Waals surface area contributed by atoms with Gasteiger partial charge in [0.2, 0.25) is 0 Å². The molecule has 0 spiro atoms. The zero-order valence-corrected chi connectivity index (χ0v) is 14.6. The molecule has 23 heavy (non-hydrogen) atoms. The SMILES string of the molecule is COc1ccc(CCN(Cc2ccccc2)C(C)C)cc1OC. The molecule has 0 aliphatic carbocycles. The lowest BCUT2D eigenvalue weighted by molar-refractivity contribution is 0.215. The summed E-state index contributed by atoms with van der Waals surface area (Å²) < 4.78 is 10.7. The second kappa shape index (κ2) is 8.59. The van der Waals surface area contributed by atoms with E-state index in [1.807, 2.05) is 6.07 Å². The summed E-state index contributed by atoms with van der Waals surface area (Å²) in [5.41, 5.74) is 2.62. The Balaban J connectivity index is 2.01. The minimum atomic E-state index is 0.510. The second-order valence-corrected chi connectivity index (χ2v) is 5.99. The monoisotopic (exact) mass is 313 g/mol. The third-order valence-electron chi connectivity index (χ3n) is 4.09. The highest BCUT2D eigenvalue weighted by Gasteiger charge is 2.11. The first kappa shape index (κ1) is 17.4. The first-order valence-electron chi connectivity index (χ1n) is 8.13. The Hall–Kier alpha value is -2.00. The van der Waals surface area contributed by atoms with Crippen LogP contribution in [0.4, 0.5) is 0 Å². The van der Waals surface area contributed by atoms with Crippen molar-refractivity contribution >= 4 is 0 Å². The molecule has 0 aromatic heterocycles. The normalized spacial score (nSPS) is 11.0. The van der Waals surface area contributed by atoms with Crippen molar-refractivity contribution in [3.8, 4) is 11.5 Å². The minimum Gasteiger partial charge on any atom is -0.493 e. The number of hydrogen-bond donors (Lipinski definition) is 0. The molecule has 0 saturated heterocycles. The topological polar surface area (TPSA) is 21.7 Å². The van der Waals surface area contributed by atoms with Crippen LogP contribution >= 0.6 is 0 Å². The van der Waals surface area contributed by atoms with Gasteiger partial charge in [-0.2, -0.15) is 0 Å². The van der Waals surface area contributed by atoms with E-state index < -0.39 is 0 Å². The molecule has 0 amide bonds. The lowest BCUT2D eigenvalue weighted by Gasteiger charge is -2.26. The standard InChI is InChI=1S/C20H27NO2/c1-16(2)21(15-18-8-6-5-7-9-18)13-12-17-10-11-19(22-3)20(14-17)23-4/h5-11,14,16H,12-13,15H2,1-4H3. The molecule has 124 valence electrons. The fourth-order valence-corrected chi connectivity index (χ4v) is 2.65. The lowest BCUT2D eigenvalue weighted by atomic mass is 10.1. The number of ether oxygens (including phenoxy) is 2. The van der Waals surface area contributed by atoms with E-state index in [1.54, 1.807) is 14.2 Å². The van der Waals surface area contributed by atoms with Gasteiger partial charge in [0.1, 0.15) is 0 Å². The summed E-state index contributed by atoms with van der Waals surface area (Å²) >= 11 is 0. The third-order valence-corrected chi connectivity index (χ3v) is 4.09. The summed E-state index contributed by atoms with van der Waals surface area (Å²) in [6, 6.07) is 17.3. The largest absolute Gasteiger partial charge is 0.493 e. The highest BCUT2D eigenvalue weighted by Crippen LogP contribution is 2.27. The molecule has 2 aromatic rings. The van der Waals surface area contributed by atoms with E-state index in [1.165, 1.54) is 11.1 Å². The van der Waals surface area contributed by atoms with E-state index in [0.29, 0.717) is 6.04 Å². The molecule has 0 N–H and O–H groups in total. The van der Waals surface area contributed by atoms with Crippen LogP contribution in [0, 0.1) is 0 Å². The number of methoxy groups -OCH3 is 2. The molecule has 0 heterocycles. The summed E-state index contributed by atoms with van der Waals surface area (Å²) in [5, 5.41) is 0. The number of benzene rings is 2. The molecule has 2 rings (SSSR count). The van der Waals surface area contributed by atoms with Gasteiger partial charge in [0.05, 0.1) is 14.2 Å². The molecule has 3 heteroatoms. The molecule has 0 saturated carbocycles. The van der Waals surface area contributed by atoms with E-state index in [4.69, 9.17) is 9.47 Å². The van der Waals surface area contributed by atoms with Gasteiger partial charge in [0.15, 0.2) is 11.5 Å². The molecule has 0 fully saturated rings. The van der Waals surface area contributed by atoms with Gasteiger partial charge in [0, 0.05) is 19.1 Å². The van der Waals surface area contributed by atoms with Crippen LogP contribution in [0.15, 0.2) is 48.5 Å². The predicted molar refractivity (Wildman–Crippen MR) is 95.2 cm³/mol. The van der Waals surface area contributed by atoms with Crippen LogP contribution in [0.1, 0.15) is 25.0 Å². The zero-order chi connectivity index (χ0) is 16.7. The lowest BCUT2D eigenvalue weighted by Crippen LogP contribution is -2.32. The molecule has 0 unspecified atom stereocenters. The van der Waals surface area contributed by atoms with Crippen LogP contribution in [-0.2, 0) is 13.0 Å². The van der Waals surface area contributed by atoms with Gasteiger partial charge < -0.3 is 9.47 Å². The minimum absolute atomic E-state index is 0.510. The van der Waals surface area contributed by atoms with Crippen LogP contribution in [-0.4, -0.2) is 31.7 Å². The van der Waals surface area contributed by atoms with E-state index in [-0.39, 0.29) is 0 Å². The Labute approximate surface area is 139 Å². The fraction of sp³-hybridized carbons (Fsp3) is 0.400. The van der Waals surface area contributed by atoms with E-state index in [2.05, 4.69) is 61.2 Å². The van der Waals surface area contributed by atoms with Crippen molar-refractivity contribution in [2.75, 3.05) is 20.8 Å². The van der Waals surface area contributed by atoms with Crippen LogP contribution in [0.2, 0.25) is 0 Å². The van der Waals surface area contributed by atoms with Crippen molar-refractivity contribution in [2.24, 2.45) is 0 Å². The summed E-state index contributed by atoms with van der Waals surface area (Å²) in [4.78, 5) is 2.49. The Bertz CT molecular complexity index is 596. The van der Waals surface area contributed by atoms with Gasteiger partial charge in [0.25, 0.3) is 0 Å². The summed E-state index contributed by atoms with van der Waals surface area (Å²) in [6.45, 7) is 6.49. The van der Waals surface area contributed by atoms with Crippen LogP contribution < -0.4 is 9.47 Å². The highest BCUT2D eigenvalue weighted by molar-refractivity contribution is 5.42. The molecule has 0 atom stereocenters. The zero-order valence-electron chi connectivity index (χ0n) is 14.6. The Kier molecular flexibility index (Phi) is 6.48. The second-order valence-electron chi connectivity index (χ2n) is 5.99. The summed E-state index contributed by atoms with van der Waals surface area (Å²) in [6.07, 6.45) is 0.991. The van der Waals surface area contributed by atoms with Crippen molar-refractivity contribution in [3.63, 3.8) is 0 Å². The van der Waals surface area contributed by atoms with Crippen molar-refractivity contribution in [2.45, 2.75) is 32.9 Å². The molecule has 0 radical (unpaired) electrons. The Morgan fingerprint density at radius 2 is 1.57 bits per heavy atom. The molecule has 2 aromatic carbocycles. The molecule has 0 bridgehead atoms. The predicted octanol–water partition coefficient (Wildman–Crippen LogP) is 4.16. The van der Waals surface area contributed by atoms with Gasteiger partial charge >= 0.3 is 0 Å². The Morgan fingerprint density at radius 1 is 0.870 bits per heavy atom. The maximum Gasteiger partial charge on any atom is 0.160 e. The van der Waals surface area contributed by atoms with Crippen LogP contribution in [0.25, 0.3) is 0 Å². The Morgan fingerprint density at radius 3 is 2.17 bits per heavy atom. The highest BCUT2D eigenvalue weighted by atomic mass is 16.5. The smallest absolute Gasteiger partial charge is 0.160 e. The average Bonchev–Trinajstić information content (AvgIpc) is 2.58.